The van der Waals surface area contributed by atoms with Gasteiger partial charge >= 0.3 is 0 Å². The highest BCUT2D eigenvalue weighted by Crippen LogP contribution is 2.12. The number of rotatable bonds is 5. The van der Waals surface area contributed by atoms with Gasteiger partial charge in [-0.3, -0.25) is 10.5 Å². The third-order valence-electron chi connectivity index (χ3n) is 2.09. The fourth-order valence-corrected chi connectivity index (χ4v) is 1.41. The monoisotopic (exact) mass is 198 g/mol. The lowest BCUT2D eigenvalue weighted by Gasteiger charge is -2.15. The van der Waals surface area contributed by atoms with Crippen LogP contribution in [0.25, 0.3) is 0 Å². The molecule has 0 amide bonds. The summed E-state index contributed by atoms with van der Waals surface area (Å²) in [6.45, 7) is 5.17. The molecule has 80 valence electrons. The maximum absolute atomic E-state index is 5.45. The molecule has 0 saturated carbocycles. The van der Waals surface area contributed by atoms with Gasteiger partial charge in [0.1, 0.15) is 0 Å². The van der Waals surface area contributed by atoms with Gasteiger partial charge in [0.05, 0.1) is 24.0 Å². The molecule has 1 aromatic rings. The van der Waals surface area contributed by atoms with Crippen molar-refractivity contribution in [2.24, 2.45) is 12.9 Å². The fourth-order valence-electron chi connectivity index (χ4n) is 1.41. The molecule has 0 spiro atoms. The lowest BCUT2D eigenvalue weighted by Crippen LogP contribution is -2.32. The van der Waals surface area contributed by atoms with Gasteiger partial charge in [0, 0.05) is 13.7 Å². The van der Waals surface area contributed by atoms with E-state index in [0.29, 0.717) is 13.2 Å². The summed E-state index contributed by atoms with van der Waals surface area (Å²) < 4.78 is 7.14. The van der Waals surface area contributed by atoms with Gasteiger partial charge in [-0.2, -0.15) is 5.10 Å². The first-order chi connectivity index (χ1) is 6.69. The molecule has 1 atom stereocenters. The van der Waals surface area contributed by atoms with Gasteiger partial charge in [-0.25, -0.2) is 5.43 Å². The fraction of sp³-hybridized carbons (Fsp3) is 0.667. The molecule has 0 aliphatic rings. The van der Waals surface area contributed by atoms with Crippen molar-refractivity contribution in [3.05, 3.63) is 17.5 Å². The summed E-state index contributed by atoms with van der Waals surface area (Å²) >= 11 is 0. The Morgan fingerprint density at radius 2 is 2.43 bits per heavy atom. The molecule has 0 aliphatic heterocycles. The van der Waals surface area contributed by atoms with Crippen molar-refractivity contribution in [3.63, 3.8) is 0 Å². The Balaban J connectivity index is 2.72. The van der Waals surface area contributed by atoms with Crippen LogP contribution in [0.5, 0.6) is 0 Å². The van der Waals surface area contributed by atoms with Crippen LogP contribution in [-0.4, -0.2) is 23.0 Å². The average Bonchev–Trinajstić information content (AvgIpc) is 2.47. The van der Waals surface area contributed by atoms with Crippen LogP contribution < -0.4 is 11.3 Å². The maximum Gasteiger partial charge on any atom is 0.0862 e. The molecule has 5 heteroatoms. The zero-order chi connectivity index (χ0) is 10.6. The van der Waals surface area contributed by atoms with Crippen molar-refractivity contribution in [1.82, 2.24) is 15.2 Å². The number of hydrogen-bond donors (Lipinski definition) is 2. The third-order valence-corrected chi connectivity index (χ3v) is 2.09. The third kappa shape index (κ3) is 2.54. The second-order valence-corrected chi connectivity index (χ2v) is 3.21. The summed E-state index contributed by atoms with van der Waals surface area (Å²) in [5.41, 5.74) is 4.75. The van der Waals surface area contributed by atoms with E-state index in [2.05, 4.69) is 10.5 Å². The van der Waals surface area contributed by atoms with Crippen LogP contribution in [0.1, 0.15) is 24.4 Å². The number of aryl methyl sites for hydroxylation is 2. The molecular weight excluding hydrogens is 180 g/mol. The Labute approximate surface area is 84.2 Å². The van der Waals surface area contributed by atoms with E-state index in [-0.39, 0.29) is 6.04 Å². The summed E-state index contributed by atoms with van der Waals surface area (Å²) in [5, 5.41) is 4.25. The molecule has 0 saturated heterocycles. The maximum atomic E-state index is 5.45. The topological polar surface area (TPSA) is 65.1 Å². The molecule has 0 fully saturated rings. The van der Waals surface area contributed by atoms with Crippen LogP contribution in [0, 0.1) is 6.92 Å². The van der Waals surface area contributed by atoms with Crippen LogP contribution >= 0.6 is 0 Å². The van der Waals surface area contributed by atoms with Crippen molar-refractivity contribution in [2.75, 3.05) is 13.2 Å². The van der Waals surface area contributed by atoms with Crippen molar-refractivity contribution in [1.29, 1.82) is 0 Å². The molecule has 0 aromatic carbocycles. The van der Waals surface area contributed by atoms with Crippen molar-refractivity contribution >= 4 is 0 Å². The van der Waals surface area contributed by atoms with E-state index in [9.17, 15) is 0 Å². The van der Waals surface area contributed by atoms with Gasteiger partial charge in [-0.15, -0.1) is 0 Å². The lowest BCUT2D eigenvalue weighted by molar-refractivity contribution is 0.121. The Hall–Kier alpha value is -0.910. The summed E-state index contributed by atoms with van der Waals surface area (Å²) in [6, 6.07) is 2.00. The van der Waals surface area contributed by atoms with Crippen molar-refractivity contribution in [3.8, 4) is 0 Å². The smallest absolute Gasteiger partial charge is 0.0862 e. The van der Waals surface area contributed by atoms with Gasteiger partial charge in [-0.05, 0) is 19.9 Å². The minimum Gasteiger partial charge on any atom is -0.380 e. The predicted molar refractivity (Wildman–Crippen MR) is 54.5 cm³/mol. The van der Waals surface area contributed by atoms with E-state index in [4.69, 9.17) is 10.6 Å². The Morgan fingerprint density at radius 3 is 2.86 bits per heavy atom. The number of nitrogens with one attached hydrogen (secondary N) is 1. The first-order valence-corrected chi connectivity index (χ1v) is 4.73. The molecule has 14 heavy (non-hydrogen) atoms. The quantitative estimate of drug-likeness (QED) is 0.526. The van der Waals surface area contributed by atoms with Gasteiger partial charge in [0.25, 0.3) is 0 Å². The van der Waals surface area contributed by atoms with Crippen LogP contribution in [0.3, 0.4) is 0 Å². The van der Waals surface area contributed by atoms with Crippen LogP contribution in [0.4, 0.5) is 0 Å². The molecule has 1 unspecified atom stereocenters. The molecule has 3 N–H and O–H groups in total. The van der Waals surface area contributed by atoms with Gasteiger partial charge in [-0.1, -0.05) is 0 Å². The molecule has 1 aromatic heterocycles. The SMILES string of the molecule is CCOCC(NN)c1cc(C)nn1C. The van der Waals surface area contributed by atoms with E-state index in [1.165, 1.54) is 0 Å². The summed E-state index contributed by atoms with van der Waals surface area (Å²) in [7, 11) is 1.90. The number of nitrogens with zero attached hydrogens (tertiary/aromatic N) is 2. The van der Waals surface area contributed by atoms with Crippen molar-refractivity contribution in [2.45, 2.75) is 19.9 Å². The van der Waals surface area contributed by atoms with Crippen LogP contribution in [0.2, 0.25) is 0 Å². The van der Waals surface area contributed by atoms with Gasteiger partial charge < -0.3 is 4.74 Å². The molecular formula is C9H18N4O. The zero-order valence-corrected chi connectivity index (χ0v) is 8.95. The number of hydrogen-bond acceptors (Lipinski definition) is 4. The van der Waals surface area contributed by atoms with E-state index < -0.39 is 0 Å². The lowest BCUT2D eigenvalue weighted by atomic mass is 10.2. The van der Waals surface area contributed by atoms with E-state index >= 15 is 0 Å². The first-order valence-electron chi connectivity index (χ1n) is 4.73. The molecule has 1 rings (SSSR count). The Bertz CT molecular complexity index is 284. The van der Waals surface area contributed by atoms with Crippen molar-refractivity contribution < 1.29 is 4.74 Å². The summed E-state index contributed by atoms with van der Waals surface area (Å²) in [6.07, 6.45) is 0. The van der Waals surface area contributed by atoms with Gasteiger partial charge in [0.15, 0.2) is 0 Å². The summed E-state index contributed by atoms with van der Waals surface area (Å²) in [5.74, 6) is 5.45. The van der Waals surface area contributed by atoms with E-state index in [1.807, 2.05) is 31.6 Å². The highest BCUT2D eigenvalue weighted by Gasteiger charge is 2.14. The number of ether oxygens (including phenoxy) is 1. The number of aromatic nitrogens is 2. The number of hydrazine groups is 1. The Kier molecular flexibility index (Phi) is 4.06. The highest BCUT2D eigenvalue weighted by atomic mass is 16.5. The second-order valence-electron chi connectivity index (χ2n) is 3.21. The van der Waals surface area contributed by atoms with Crippen LogP contribution in [0.15, 0.2) is 6.07 Å². The molecule has 0 bridgehead atoms. The zero-order valence-electron chi connectivity index (χ0n) is 8.95. The predicted octanol–water partition coefficient (Wildman–Crippen LogP) is 0.269. The van der Waals surface area contributed by atoms with E-state index in [1.54, 1.807) is 0 Å². The standard InChI is InChI=1S/C9H18N4O/c1-4-14-6-8(11-10)9-5-7(2)12-13(9)3/h5,8,11H,4,6,10H2,1-3H3. The molecule has 1 heterocycles. The Morgan fingerprint density at radius 1 is 1.71 bits per heavy atom. The first kappa shape index (κ1) is 11.2. The minimum absolute atomic E-state index is 0.00106. The normalized spacial score (nSPS) is 13.1. The number of nitrogens with two attached hydrogens (primary N) is 1. The highest BCUT2D eigenvalue weighted by molar-refractivity contribution is 5.12. The average molecular weight is 198 g/mol. The second kappa shape index (κ2) is 5.09. The minimum atomic E-state index is 0.00106. The van der Waals surface area contributed by atoms with Crippen LogP contribution in [-0.2, 0) is 11.8 Å². The van der Waals surface area contributed by atoms with Gasteiger partial charge in [0.2, 0.25) is 0 Å². The van der Waals surface area contributed by atoms with E-state index in [0.717, 1.165) is 11.4 Å². The molecule has 0 aliphatic carbocycles. The molecule has 5 nitrogen and oxygen atoms in total. The summed E-state index contributed by atoms with van der Waals surface area (Å²) in [4.78, 5) is 0. The largest absolute Gasteiger partial charge is 0.380 e. The molecule has 0 radical (unpaired) electrons.